The van der Waals surface area contributed by atoms with Crippen LogP contribution in [-0.2, 0) is 11.8 Å². The summed E-state index contributed by atoms with van der Waals surface area (Å²) in [6.07, 6.45) is 3.33. The Morgan fingerprint density at radius 1 is 1.03 bits per heavy atom. The Kier molecular flexibility index (Phi) is 5.33. The van der Waals surface area contributed by atoms with Crippen LogP contribution in [-0.4, -0.2) is 15.5 Å². The number of carbonyl (C=O) groups is 1. The van der Waals surface area contributed by atoms with E-state index in [2.05, 4.69) is 52.1 Å². The summed E-state index contributed by atoms with van der Waals surface area (Å²) in [7, 11) is 2.02. The molecule has 0 fully saturated rings. The molecule has 0 amide bonds. The summed E-state index contributed by atoms with van der Waals surface area (Å²) in [4.78, 5) is 15.8. The number of fused-ring (bicyclic) bond motifs is 1. The van der Waals surface area contributed by atoms with Crippen LogP contribution in [0.4, 0.5) is 17.1 Å². The number of ketones is 1. The Balaban J connectivity index is 1.72. The Bertz CT molecular complexity index is 1260. The Hall–Kier alpha value is -3.38. The van der Waals surface area contributed by atoms with E-state index in [0.717, 1.165) is 40.4 Å². The highest BCUT2D eigenvalue weighted by Crippen LogP contribution is 2.48. The van der Waals surface area contributed by atoms with Crippen LogP contribution in [0.1, 0.15) is 38.4 Å². The minimum atomic E-state index is -0.344. The van der Waals surface area contributed by atoms with Crippen molar-refractivity contribution in [3.8, 4) is 0 Å². The number of anilines is 3. The average Bonchev–Trinajstić information content (AvgIpc) is 3.12. The number of hydrogen-bond donors (Lipinski definition) is 2. The summed E-state index contributed by atoms with van der Waals surface area (Å²) in [5, 5.41) is 7.58. The summed E-state index contributed by atoms with van der Waals surface area (Å²) in [6.45, 7) is 4.31. The van der Waals surface area contributed by atoms with Gasteiger partial charge in [0.2, 0.25) is 0 Å². The molecule has 2 aliphatic rings. The molecule has 1 aromatic heterocycles. The van der Waals surface area contributed by atoms with Crippen molar-refractivity contribution in [2.75, 3.05) is 15.5 Å². The maximum atomic E-state index is 13.7. The molecule has 1 atom stereocenters. The molecule has 0 radical (unpaired) electrons. The Morgan fingerprint density at radius 3 is 2.48 bits per heavy atom. The SMILES string of the molecule is Cn1cccc1C1C2=C(CC(C)(C)CC2=O)Nc2ccccc2N1C(=S)Nc1ccccc1. The molecule has 3 aromatic rings. The van der Waals surface area contributed by atoms with Crippen LogP contribution >= 0.6 is 12.2 Å². The van der Waals surface area contributed by atoms with E-state index in [1.165, 1.54) is 0 Å². The van der Waals surface area contributed by atoms with Crippen molar-refractivity contribution < 1.29 is 4.79 Å². The number of benzene rings is 2. The van der Waals surface area contributed by atoms with Gasteiger partial charge in [0.1, 0.15) is 6.04 Å². The Morgan fingerprint density at radius 2 is 1.76 bits per heavy atom. The third-order valence-corrected chi connectivity index (χ3v) is 6.71. The molecule has 0 saturated carbocycles. The number of aromatic nitrogens is 1. The molecule has 0 spiro atoms. The zero-order valence-electron chi connectivity index (χ0n) is 19.1. The molecular weight excluding hydrogens is 428 g/mol. The fraction of sp³-hybridized carbons (Fsp3) is 0.259. The van der Waals surface area contributed by atoms with Crippen LogP contribution in [0.5, 0.6) is 0 Å². The number of Topliss-reactive ketones (excluding diaryl/α,β-unsaturated/α-hetero) is 1. The highest BCUT2D eigenvalue weighted by Gasteiger charge is 2.43. The zero-order valence-corrected chi connectivity index (χ0v) is 19.9. The molecule has 1 unspecified atom stereocenters. The summed E-state index contributed by atoms with van der Waals surface area (Å²) in [5.74, 6) is 0.167. The van der Waals surface area contributed by atoms with Gasteiger partial charge in [-0.1, -0.05) is 44.2 Å². The first-order chi connectivity index (χ1) is 15.8. The minimum absolute atomic E-state index is 0.103. The number of allylic oxidation sites excluding steroid dienone is 1. The molecule has 2 N–H and O–H groups in total. The molecule has 2 aromatic carbocycles. The van der Waals surface area contributed by atoms with Crippen LogP contribution in [0.2, 0.25) is 0 Å². The first-order valence-electron chi connectivity index (χ1n) is 11.2. The molecule has 0 bridgehead atoms. The van der Waals surface area contributed by atoms with E-state index in [1.807, 2.05) is 61.8 Å². The van der Waals surface area contributed by atoms with Crippen molar-refractivity contribution in [3.05, 3.63) is 89.9 Å². The normalized spacial score (nSPS) is 19.3. The monoisotopic (exact) mass is 456 g/mol. The second-order valence-corrected chi connectivity index (χ2v) is 9.97. The summed E-state index contributed by atoms with van der Waals surface area (Å²) in [6, 6.07) is 21.8. The fourth-order valence-electron chi connectivity index (χ4n) is 4.95. The number of thiocarbonyl (C=S) groups is 1. The molecule has 5 nitrogen and oxygen atoms in total. The molecule has 168 valence electrons. The van der Waals surface area contributed by atoms with Gasteiger partial charge in [0.15, 0.2) is 10.9 Å². The Labute approximate surface area is 200 Å². The van der Waals surface area contributed by atoms with Crippen molar-refractivity contribution in [3.63, 3.8) is 0 Å². The lowest BCUT2D eigenvalue weighted by atomic mass is 9.74. The zero-order chi connectivity index (χ0) is 23.2. The second-order valence-electron chi connectivity index (χ2n) is 9.59. The van der Waals surface area contributed by atoms with Gasteiger partial charge in [-0.3, -0.25) is 4.79 Å². The van der Waals surface area contributed by atoms with E-state index >= 15 is 0 Å². The molecule has 5 rings (SSSR count). The van der Waals surface area contributed by atoms with Gasteiger partial charge in [0.05, 0.1) is 11.4 Å². The average molecular weight is 457 g/mol. The lowest BCUT2D eigenvalue weighted by Crippen LogP contribution is -2.42. The maximum absolute atomic E-state index is 13.7. The van der Waals surface area contributed by atoms with Gasteiger partial charge in [-0.25, -0.2) is 0 Å². The number of rotatable bonds is 2. The first-order valence-corrected chi connectivity index (χ1v) is 11.6. The van der Waals surface area contributed by atoms with Crippen molar-refractivity contribution in [1.29, 1.82) is 0 Å². The topological polar surface area (TPSA) is 49.3 Å². The van der Waals surface area contributed by atoms with Gasteiger partial charge in [0.25, 0.3) is 0 Å². The number of carbonyl (C=O) groups excluding carboxylic acids is 1. The minimum Gasteiger partial charge on any atom is -0.357 e. The van der Waals surface area contributed by atoms with Crippen LogP contribution < -0.4 is 15.5 Å². The number of nitrogens with one attached hydrogen (secondary N) is 2. The fourth-order valence-corrected chi connectivity index (χ4v) is 5.28. The quantitative estimate of drug-likeness (QED) is 0.461. The second kappa shape index (κ2) is 8.19. The molecule has 2 heterocycles. The number of aryl methyl sites for hydroxylation is 1. The van der Waals surface area contributed by atoms with Crippen LogP contribution in [0.25, 0.3) is 0 Å². The molecular formula is C27H28N4OS. The van der Waals surface area contributed by atoms with Gasteiger partial charge in [-0.2, -0.15) is 0 Å². The van der Waals surface area contributed by atoms with Crippen molar-refractivity contribution >= 4 is 40.2 Å². The van der Waals surface area contributed by atoms with Gasteiger partial charge in [-0.15, -0.1) is 0 Å². The third-order valence-electron chi connectivity index (χ3n) is 6.41. The van der Waals surface area contributed by atoms with E-state index in [9.17, 15) is 4.79 Å². The maximum Gasteiger partial charge on any atom is 0.178 e. The summed E-state index contributed by atoms with van der Waals surface area (Å²) in [5.41, 5.74) is 5.50. The smallest absolute Gasteiger partial charge is 0.178 e. The van der Waals surface area contributed by atoms with Crippen LogP contribution in [0.15, 0.2) is 84.2 Å². The number of hydrogen-bond acceptors (Lipinski definition) is 3. The third kappa shape index (κ3) is 3.95. The van der Waals surface area contributed by atoms with Gasteiger partial charge >= 0.3 is 0 Å². The van der Waals surface area contributed by atoms with Gasteiger partial charge in [-0.05, 0) is 60.5 Å². The van der Waals surface area contributed by atoms with Crippen LogP contribution in [0.3, 0.4) is 0 Å². The first kappa shape index (κ1) is 21.5. The van der Waals surface area contributed by atoms with Crippen molar-refractivity contribution in [2.24, 2.45) is 12.5 Å². The number of para-hydroxylation sites is 3. The predicted octanol–water partition coefficient (Wildman–Crippen LogP) is 6.04. The van der Waals surface area contributed by atoms with Crippen molar-refractivity contribution in [1.82, 2.24) is 4.57 Å². The standard InChI is InChI=1S/C27H28N4OS/c1-27(2)16-20-24(23(32)17-27)25(22-14-9-15-30(22)3)31(21-13-8-7-12-19(21)29-20)26(33)28-18-10-5-4-6-11-18/h4-15,25,29H,16-17H2,1-3H3,(H,28,33). The van der Waals surface area contributed by atoms with E-state index in [0.29, 0.717) is 11.5 Å². The molecule has 1 aliphatic carbocycles. The molecule has 33 heavy (non-hydrogen) atoms. The summed E-state index contributed by atoms with van der Waals surface area (Å²) >= 11 is 6.01. The summed E-state index contributed by atoms with van der Waals surface area (Å²) < 4.78 is 2.08. The largest absolute Gasteiger partial charge is 0.357 e. The van der Waals surface area contributed by atoms with Gasteiger partial charge in [0, 0.05) is 42.3 Å². The lowest BCUT2D eigenvalue weighted by molar-refractivity contribution is -0.118. The van der Waals surface area contributed by atoms with Gasteiger partial charge < -0.3 is 20.1 Å². The van der Waals surface area contributed by atoms with Crippen LogP contribution in [0, 0.1) is 5.41 Å². The molecule has 0 saturated heterocycles. The van der Waals surface area contributed by atoms with E-state index in [4.69, 9.17) is 12.2 Å². The van der Waals surface area contributed by atoms with Crippen molar-refractivity contribution in [2.45, 2.75) is 32.7 Å². The van der Waals surface area contributed by atoms with E-state index < -0.39 is 0 Å². The lowest BCUT2D eigenvalue weighted by Gasteiger charge is -2.38. The predicted molar refractivity (Wildman–Crippen MR) is 138 cm³/mol. The highest BCUT2D eigenvalue weighted by atomic mass is 32.1. The van der Waals surface area contributed by atoms with E-state index in [-0.39, 0.29) is 17.2 Å². The van der Waals surface area contributed by atoms with E-state index in [1.54, 1.807) is 0 Å². The molecule has 1 aliphatic heterocycles. The molecule has 6 heteroatoms. The highest BCUT2D eigenvalue weighted by molar-refractivity contribution is 7.80. The number of nitrogens with zero attached hydrogens (tertiary/aromatic N) is 2.